The Hall–Kier alpha value is -6.29. The van der Waals surface area contributed by atoms with Gasteiger partial charge in [-0.05, 0) is 90.0 Å². The molecule has 5 aromatic carbocycles. The smallest absolute Gasteiger partial charge is 0.344 e. The van der Waals surface area contributed by atoms with E-state index in [1.807, 2.05) is 37.3 Å². The molecule has 0 fully saturated rings. The van der Waals surface area contributed by atoms with Gasteiger partial charge in [-0.3, -0.25) is 14.4 Å². The molecular weight excluding hydrogens is 572 g/mol. The molecule has 224 valence electrons. The summed E-state index contributed by atoms with van der Waals surface area (Å²) in [5, 5.41) is 10.8. The molecule has 5 aromatic rings. The Balaban J connectivity index is 1.14. The first-order valence-corrected chi connectivity index (χ1v) is 14.0. The molecule has 0 radical (unpaired) electrons. The van der Waals surface area contributed by atoms with Crippen molar-refractivity contribution < 1.29 is 28.7 Å². The first kappa shape index (κ1) is 30.2. The number of amides is 3. The van der Waals surface area contributed by atoms with Gasteiger partial charge in [0, 0.05) is 5.69 Å². The van der Waals surface area contributed by atoms with Crippen LogP contribution in [0.25, 0.3) is 10.8 Å². The third kappa shape index (κ3) is 7.76. The fourth-order valence-electron chi connectivity index (χ4n) is 4.37. The summed E-state index contributed by atoms with van der Waals surface area (Å²) in [5.74, 6) is -2.00. The quantitative estimate of drug-likeness (QED) is 0.0644. The van der Waals surface area contributed by atoms with E-state index < -0.39 is 23.7 Å². The molecule has 0 saturated heterocycles. The van der Waals surface area contributed by atoms with Crippen LogP contribution in [0.15, 0.2) is 120 Å². The number of hydrazone groups is 1. The average Bonchev–Trinajstić information content (AvgIpc) is 3.06. The van der Waals surface area contributed by atoms with Gasteiger partial charge in [0.25, 0.3) is 5.91 Å². The van der Waals surface area contributed by atoms with Gasteiger partial charge in [0.05, 0.1) is 29.6 Å². The van der Waals surface area contributed by atoms with Gasteiger partial charge in [-0.25, -0.2) is 10.2 Å². The van der Waals surface area contributed by atoms with Crippen molar-refractivity contribution in [2.75, 3.05) is 17.2 Å². The zero-order valence-corrected chi connectivity index (χ0v) is 24.2. The number of carbonyl (C=O) groups excluding carboxylic acids is 4. The minimum atomic E-state index is -1.03. The maximum Gasteiger partial charge on any atom is 0.344 e. The van der Waals surface area contributed by atoms with Gasteiger partial charge >= 0.3 is 17.8 Å². The number of nitrogens with one attached hydrogen (secondary N) is 3. The molecule has 10 nitrogen and oxygen atoms in total. The minimum Gasteiger partial charge on any atom is -0.494 e. The number of benzene rings is 5. The van der Waals surface area contributed by atoms with Crippen LogP contribution >= 0.6 is 0 Å². The minimum absolute atomic E-state index is 0.152. The number of ether oxygens (including phenoxy) is 2. The number of nitrogens with zero attached hydrogens (tertiary/aromatic N) is 1. The van der Waals surface area contributed by atoms with E-state index in [0.717, 1.165) is 10.8 Å². The Morgan fingerprint density at radius 3 is 2.13 bits per heavy atom. The lowest BCUT2D eigenvalue weighted by Crippen LogP contribution is -2.33. The topological polar surface area (TPSA) is 135 Å². The second-order valence-corrected chi connectivity index (χ2v) is 9.60. The lowest BCUT2D eigenvalue weighted by Gasteiger charge is -2.11. The zero-order valence-electron chi connectivity index (χ0n) is 24.2. The van der Waals surface area contributed by atoms with Gasteiger partial charge in [-0.2, -0.15) is 5.10 Å². The molecule has 0 saturated carbocycles. The predicted octanol–water partition coefficient (Wildman–Crippen LogP) is 5.80. The highest BCUT2D eigenvalue weighted by molar-refractivity contribution is 6.40. The Bertz CT molecular complexity index is 1880. The summed E-state index contributed by atoms with van der Waals surface area (Å²) >= 11 is 0. The molecular formula is C35H28N4O6. The number of hydrogen-bond acceptors (Lipinski definition) is 7. The lowest BCUT2D eigenvalue weighted by atomic mass is 10.0. The molecule has 0 aliphatic carbocycles. The van der Waals surface area contributed by atoms with E-state index in [1.54, 1.807) is 72.8 Å². The van der Waals surface area contributed by atoms with Gasteiger partial charge in [0.15, 0.2) is 0 Å². The highest BCUT2D eigenvalue weighted by atomic mass is 16.5. The summed E-state index contributed by atoms with van der Waals surface area (Å²) in [7, 11) is 0. The van der Waals surface area contributed by atoms with Crippen molar-refractivity contribution in [3.05, 3.63) is 132 Å². The summed E-state index contributed by atoms with van der Waals surface area (Å²) in [4.78, 5) is 50.6. The fraction of sp³-hybridized carbons (Fsp3) is 0.0571. The first-order chi connectivity index (χ1) is 21.9. The van der Waals surface area contributed by atoms with Crippen molar-refractivity contribution in [1.29, 1.82) is 0 Å². The summed E-state index contributed by atoms with van der Waals surface area (Å²) in [6.07, 6.45) is 1.33. The number of rotatable bonds is 9. The molecule has 3 amide bonds. The maximum atomic E-state index is 12.9. The zero-order chi connectivity index (χ0) is 31.6. The number of para-hydroxylation sites is 1. The highest BCUT2D eigenvalue weighted by Gasteiger charge is 2.18. The van der Waals surface area contributed by atoms with Crippen LogP contribution in [-0.2, 0) is 9.59 Å². The number of esters is 1. The van der Waals surface area contributed by atoms with Crippen LogP contribution in [0.1, 0.15) is 33.2 Å². The van der Waals surface area contributed by atoms with Crippen molar-refractivity contribution in [2.45, 2.75) is 6.92 Å². The Morgan fingerprint density at radius 2 is 1.36 bits per heavy atom. The second-order valence-electron chi connectivity index (χ2n) is 9.60. The molecule has 0 aromatic heterocycles. The van der Waals surface area contributed by atoms with Crippen LogP contribution in [0.4, 0.5) is 11.4 Å². The van der Waals surface area contributed by atoms with Crippen LogP contribution in [0, 0.1) is 0 Å². The monoisotopic (exact) mass is 600 g/mol. The van der Waals surface area contributed by atoms with Crippen LogP contribution in [-0.4, -0.2) is 36.5 Å². The van der Waals surface area contributed by atoms with Crippen LogP contribution in [0.3, 0.4) is 0 Å². The summed E-state index contributed by atoms with van der Waals surface area (Å²) < 4.78 is 10.9. The van der Waals surface area contributed by atoms with Crippen molar-refractivity contribution >= 4 is 52.1 Å². The number of fused-ring (bicyclic) bond motifs is 1. The molecule has 45 heavy (non-hydrogen) atoms. The summed E-state index contributed by atoms with van der Waals surface area (Å²) in [6.45, 7) is 2.40. The van der Waals surface area contributed by atoms with Crippen LogP contribution < -0.4 is 25.5 Å². The largest absolute Gasteiger partial charge is 0.494 e. The predicted molar refractivity (Wildman–Crippen MR) is 172 cm³/mol. The average molecular weight is 601 g/mol. The van der Waals surface area contributed by atoms with E-state index in [4.69, 9.17) is 9.47 Å². The van der Waals surface area contributed by atoms with E-state index >= 15 is 0 Å². The molecule has 0 spiro atoms. The van der Waals surface area contributed by atoms with E-state index in [2.05, 4.69) is 21.2 Å². The van der Waals surface area contributed by atoms with Crippen LogP contribution in [0.5, 0.6) is 11.5 Å². The Labute approximate surface area is 258 Å². The van der Waals surface area contributed by atoms with Gasteiger partial charge in [-0.15, -0.1) is 0 Å². The summed E-state index contributed by atoms with van der Waals surface area (Å²) in [6, 6.07) is 32.6. The fourth-order valence-corrected chi connectivity index (χ4v) is 4.37. The number of anilines is 2. The molecule has 0 bridgehead atoms. The maximum absolute atomic E-state index is 12.9. The van der Waals surface area contributed by atoms with E-state index in [1.165, 1.54) is 18.3 Å². The molecule has 0 unspecified atom stereocenters. The Morgan fingerprint density at radius 1 is 0.689 bits per heavy atom. The second kappa shape index (κ2) is 14.3. The third-order valence-corrected chi connectivity index (χ3v) is 6.53. The molecule has 3 N–H and O–H groups in total. The molecule has 10 heteroatoms. The normalized spacial score (nSPS) is 10.7. The molecule has 5 rings (SSSR count). The van der Waals surface area contributed by atoms with Gasteiger partial charge in [0.2, 0.25) is 0 Å². The van der Waals surface area contributed by atoms with Crippen molar-refractivity contribution in [3.63, 3.8) is 0 Å². The van der Waals surface area contributed by atoms with Gasteiger partial charge in [-0.1, -0.05) is 48.5 Å². The number of carbonyl (C=O) groups is 4. The summed E-state index contributed by atoms with van der Waals surface area (Å²) in [5.41, 5.74) is 4.05. The van der Waals surface area contributed by atoms with Crippen molar-refractivity contribution in [3.8, 4) is 11.5 Å². The van der Waals surface area contributed by atoms with Crippen LogP contribution in [0.2, 0.25) is 0 Å². The SMILES string of the molecule is CCOc1ccc(NC(=O)c2ccccc2NC(=O)C(=O)N/N=C/c2ccc(OC(=O)c3cccc4ccccc34)cc2)cc1. The van der Waals surface area contributed by atoms with Crippen molar-refractivity contribution in [1.82, 2.24) is 5.43 Å². The molecule has 0 heterocycles. The third-order valence-electron chi connectivity index (χ3n) is 6.53. The van der Waals surface area contributed by atoms with Gasteiger partial charge in [0.1, 0.15) is 11.5 Å². The molecule has 0 aliphatic heterocycles. The van der Waals surface area contributed by atoms with Gasteiger partial charge < -0.3 is 20.1 Å². The molecule has 0 atom stereocenters. The first-order valence-electron chi connectivity index (χ1n) is 14.0. The number of hydrogen-bond donors (Lipinski definition) is 3. The van der Waals surface area contributed by atoms with E-state index in [9.17, 15) is 19.2 Å². The standard InChI is InChI=1S/C35H28N4O6/c1-2-44-26-20-16-25(17-21-26)37-32(40)30-11-5-6-13-31(30)38-33(41)34(42)39-36-22-23-14-18-27(19-15-23)45-35(43)29-12-7-9-24-8-3-4-10-28(24)29/h3-22H,2H2,1H3,(H,37,40)(H,38,41)(H,39,42)/b36-22+. The highest BCUT2D eigenvalue weighted by Crippen LogP contribution is 2.22. The van der Waals surface area contributed by atoms with E-state index in [-0.39, 0.29) is 11.3 Å². The van der Waals surface area contributed by atoms with Crippen molar-refractivity contribution in [2.24, 2.45) is 5.10 Å². The Kier molecular flexibility index (Phi) is 9.56. The lowest BCUT2D eigenvalue weighted by molar-refractivity contribution is -0.136. The molecule has 0 aliphatic rings. The van der Waals surface area contributed by atoms with E-state index in [0.29, 0.717) is 34.9 Å².